The predicted octanol–water partition coefficient (Wildman–Crippen LogP) is 4.18. The van der Waals surface area contributed by atoms with Crippen LogP contribution in [0.3, 0.4) is 0 Å². The number of morpholine rings is 1. The maximum Gasteiger partial charge on any atom is 0.284 e. The van der Waals surface area contributed by atoms with E-state index in [0.29, 0.717) is 12.2 Å². The number of hydrogen-bond acceptors (Lipinski definition) is 5. The predicted molar refractivity (Wildman–Crippen MR) is 112 cm³/mol. The number of aromatic nitrogens is 1. The van der Waals surface area contributed by atoms with Crippen LogP contribution in [0.15, 0.2) is 59.4 Å². The Labute approximate surface area is 163 Å². The lowest BCUT2D eigenvalue weighted by Crippen LogP contribution is -2.36. The van der Waals surface area contributed by atoms with E-state index in [1.54, 1.807) is 3.96 Å². The van der Waals surface area contributed by atoms with Crippen LogP contribution in [-0.2, 0) is 11.3 Å². The van der Waals surface area contributed by atoms with Crippen molar-refractivity contribution < 1.29 is 4.74 Å². The van der Waals surface area contributed by atoms with Gasteiger partial charge in [-0.3, -0.25) is 8.75 Å². The molecule has 0 radical (unpaired) electrons. The fraction of sp³-hybridized carbons (Fsp3) is 0.286. The molecule has 0 amide bonds. The molecular formula is C21H23N3O2S. The monoisotopic (exact) mass is 381 g/mol. The Morgan fingerprint density at radius 1 is 1.04 bits per heavy atom. The van der Waals surface area contributed by atoms with E-state index in [1.165, 1.54) is 17.2 Å². The highest BCUT2D eigenvalue weighted by Gasteiger charge is 2.17. The summed E-state index contributed by atoms with van der Waals surface area (Å²) in [6, 6.07) is 18.3. The highest BCUT2D eigenvalue weighted by molar-refractivity contribution is 7.10. The van der Waals surface area contributed by atoms with Crippen LogP contribution < -0.4 is 15.8 Å². The Hall–Kier alpha value is -2.57. The van der Waals surface area contributed by atoms with Gasteiger partial charge >= 0.3 is 0 Å². The van der Waals surface area contributed by atoms with Crippen LogP contribution in [0, 0.1) is 0 Å². The van der Waals surface area contributed by atoms with Gasteiger partial charge in [0.2, 0.25) is 0 Å². The summed E-state index contributed by atoms with van der Waals surface area (Å²) >= 11 is 1.50. The Bertz CT molecular complexity index is 942. The number of aryl methyl sites for hydroxylation is 1. The molecule has 0 unspecified atom stereocenters. The number of anilines is 3. The quantitative estimate of drug-likeness (QED) is 0.720. The van der Waals surface area contributed by atoms with Gasteiger partial charge < -0.3 is 15.0 Å². The maximum atomic E-state index is 12.8. The standard InChI is InChI=1S/C21H23N3O2S/c1-2-24-21(25)19(20(27-24)16-6-4-3-5-7-16)22-17-8-10-18(11-9-17)23-12-14-26-15-13-23/h3-11,22H,2,12-15H2,1H3. The van der Waals surface area contributed by atoms with Gasteiger partial charge in [-0.15, -0.1) is 0 Å². The molecule has 27 heavy (non-hydrogen) atoms. The number of hydrogen-bond donors (Lipinski definition) is 1. The molecule has 0 aliphatic carbocycles. The number of ether oxygens (including phenoxy) is 1. The minimum absolute atomic E-state index is 0.0265. The molecule has 2 aromatic carbocycles. The molecule has 0 atom stereocenters. The van der Waals surface area contributed by atoms with Crippen LogP contribution in [0.1, 0.15) is 6.92 Å². The molecule has 3 aromatic rings. The smallest absolute Gasteiger partial charge is 0.284 e. The molecule has 1 aromatic heterocycles. The second kappa shape index (κ2) is 7.98. The minimum atomic E-state index is 0.0265. The van der Waals surface area contributed by atoms with E-state index in [1.807, 2.05) is 49.4 Å². The highest BCUT2D eigenvalue weighted by atomic mass is 32.1. The lowest BCUT2D eigenvalue weighted by Gasteiger charge is -2.28. The van der Waals surface area contributed by atoms with Gasteiger partial charge in [0.1, 0.15) is 5.69 Å². The summed E-state index contributed by atoms with van der Waals surface area (Å²) in [6.45, 7) is 6.03. The fourth-order valence-corrected chi connectivity index (χ4v) is 4.24. The van der Waals surface area contributed by atoms with Crippen LogP contribution in [0.25, 0.3) is 10.4 Å². The van der Waals surface area contributed by atoms with Gasteiger partial charge in [-0.2, -0.15) is 0 Å². The van der Waals surface area contributed by atoms with Crippen molar-refractivity contribution in [2.24, 2.45) is 0 Å². The van der Waals surface area contributed by atoms with E-state index in [0.717, 1.165) is 42.4 Å². The van der Waals surface area contributed by atoms with Crippen LogP contribution >= 0.6 is 11.5 Å². The van der Waals surface area contributed by atoms with Crippen molar-refractivity contribution in [2.45, 2.75) is 13.5 Å². The fourth-order valence-electron chi connectivity index (χ4n) is 3.25. The van der Waals surface area contributed by atoms with Crippen molar-refractivity contribution in [3.05, 3.63) is 65.0 Å². The first-order valence-corrected chi connectivity index (χ1v) is 10.0. The molecule has 1 fully saturated rings. The third-order valence-corrected chi connectivity index (χ3v) is 5.97. The molecule has 1 N–H and O–H groups in total. The molecule has 1 aliphatic rings. The van der Waals surface area contributed by atoms with Crippen LogP contribution in [0.5, 0.6) is 0 Å². The van der Waals surface area contributed by atoms with Crippen LogP contribution in [0.2, 0.25) is 0 Å². The zero-order valence-corrected chi connectivity index (χ0v) is 16.2. The Morgan fingerprint density at radius 2 is 1.74 bits per heavy atom. The normalized spacial score (nSPS) is 14.3. The van der Waals surface area contributed by atoms with E-state index < -0.39 is 0 Å². The summed E-state index contributed by atoms with van der Waals surface area (Å²) in [7, 11) is 0. The average Bonchev–Trinajstić information content (AvgIpc) is 3.05. The molecule has 0 spiro atoms. The zero-order valence-electron chi connectivity index (χ0n) is 15.4. The third-order valence-electron chi connectivity index (χ3n) is 4.70. The van der Waals surface area contributed by atoms with Crippen molar-refractivity contribution in [3.8, 4) is 10.4 Å². The van der Waals surface area contributed by atoms with Crippen LogP contribution in [-0.4, -0.2) is 30.3 Å². The van der Waals surface area contributed by atoms with Gasteiger partial charge in [-0.25, -0.2) is 0 Å². The molecule has 4 rings (SSSR count). The number of nitrogens with one attached hydrogen (secondary N) is 1. The van der Waals surface area contributed by atoms with Gasteiger partial charge in [0.25, 0.3) is 5.56 Å². The molecule has 0 saturated carbocycles. The summed E-state index contributed by atoms with van der Waals surface area (Å²) in [5.74, 6) is 0. The first-order valence-electron chi connectivity index (χ1n) is 9.25. The van der Waals surface area contributed by atoms with Crippen molar-refractivity contribution in [3.63, 3.8) is 0 Å². The van der Waals surface area contributed by atoms with Gasteiger partial charge in [0.15, 0.2) is 0 Å². The zero-order chi connectivity index (χ0) is 18.6. The molecule has 1 aliphatic heterocycles. The second-order valence-electron chi connectivity index (χ2n) is 6.43. The molecular weight excluding hydrogens is 358 g/mol. The molecule has 140 valence electrons. The average molecular weight is 382 g/mol. The van der Waals surface area contributed by atoms with Crippen molar-refractivity contribution in [1.82, 2.24) is 3.96 Å². The number of benzene rings is 2. The van der Waals surface area contributed by atoms with E-state index in [-0.39, 0.29) is 5.56 Å². The largest absolute Gasteiger partial charge is 0.378 e. The first kappa shape index (κ1) is 17.8. The Balaban J connectivity index is 1.62. The Morgan fingerprint density at radius 3 is 2.41 bits per heavy atom. The SMILES string of the molecule is CCn1sc(-c2ccccc2)c(Nc2ccc(N3CCOCC3)cc2)c1=O. The summed E-state index contributed by atoms with van der Waals surface area (Å²) in [4.78, 5) is 16.1. The summed E-state index contributed by atoms with van der Waals surface area (Å²) < 4.78 is 7.20. The molecule has 0 bridgehead atoms. The number of nitrogens with zero attached hydrogens (tertiary/aromatic N) is 2. The summed E-state index contributed by atoms with van der Waals surface area (Å²) in [5.41, 5.74) is 3.83. The van der Waals surface area contributed by atoms with Crippen molar-refractivity contribution >= 4 is 28.6 Å². The summed E-state index contributed by atoms with van der Waals surface area (Å²) in [6.07, 6.45) is 0. The second-order valence-corrected chi connectivity index (χ2v) is 7.46. The topological polar surface area (TPSA) is 46.5 Å². The number of rotatable bonds is 5. The van der Waals surface area contributed by atoms with Crippen molar-refractivity contribution in [1.29, 1.82) is 0 Å². The van der Waals surface area contributed by atoms with Gasteiger partial charge in [0.05, 0.1) is 18.1 Å². The van der Waals surface area contributed by atoms with Crippen molar-refractivity contribution in [2.75, 3.05) is 36.5 Å². The van der Waals surface area contributed by atoms with Gasteiger partial charge in [-0.1, -0.05) is 41.9 Å². The maximum absolute atomic E-state index is 12.8. The molecule has 1 saturated heterocycles. The van der Waals surface area contributed by atoms with E-state index in [4.69, 9.17) is 4.74 Å². The third kappa shape index (κ3) is 3.77. The first-order chi connectivity index (χ1) is 13.3. The minimum Gasteiger partial charge on any atom is -0.378 e. The van der Waals surface area contributed by atoms with Gasteiger partial charge in [-0.05, 0) is 36.8 Å². The molecule has 6 heteroatoms. The molecule has 2 heterocycles. The lowest BCUT2D eigenvalue weighted by atomic mass is 10.1. The van der Waals surface area contributed by atoms with Gasteiger partial charge in [0, 0.05) is 31.0 Å². The van der Waals surface area contributed by atoms with Crippen LogP contribution in [0.4, 0.5) is 17.1 Å². The van der Waals surface area contributed by atoms with E-state index in [2.05, 4.69) is 22.3 Å². The molecule has 5 nitrogen and oxygen atoms in total. The van der Waals surface area contributed by atoms with E-state index >= 15 is 0 Å². The Kier molecular flexibility index (Phi) is 5.27. The van der Waals surface area contributed by atoms with E-state index in [9.17, 15) is 4.79 Å². The summed E-state index contributed by atoms with van der Waals surface area (Å²) in [5, 5.41) is 3.36. The lowest BCUT2D eigenvalue weighted by molar-refractivity contribution is 0.122. The highest BCUT2D eigenvalue weighted by Crippen LogP contribution is 2.32.